The van der Waals surface area contributed by atoms with Crippen LogP contribution in [0.2, 0.25) is 0 Å². The standard InChI is InChI=1S/C14H18N4O3/c1-8(4-12(19)20)6-15-14(21)11-7-16-18-10(3)5-9(2)17-13(11)18/h5,7-8H,4,6H2,1-3H3,(H,15,21)(H,19,20). The lowest BCUT2D eigenvalue weighted by Crippen LogP contribution is -2.29. The fourth-order valence-electron chi connectivity index (χ4n) is 2.16. The van der Waals surface area contributed by atoms with Crippen LogP contribution < -0.4 is 5.32 Å². The van der Waals surface area contributed by atoms with Gasteiger partial charge in [0.1, 0.15) is 5.56 Å². The van der Waals surface area contributed by atoms with Gasteiger partial charge >= 0.3 is 5.97 Å². The Hall–Kier alpha value is -2.44. The summed E-state index contributed by atoms with van der Waals surface area (Å²) < 4.78 is 1.61. The fourth-order valence-corrected chi connectivity index (χ4v) is 2.16. The number of carbonyl (C=O) groups excluding carboxylic acids is 1. The molecule has 0 spiro atoms. The Labute approximate surface area is 122 Å². The van der Waals surface area contributed by atoms with Crippen LogP contribution in [0, 0.1) is 19.8 Å². The smallest absolute Gasteiger partial charge is 0.303 e. The predicted molar refractivity (Wildman–Crippen MR) is 76.2 cm³/mol. The minimum Gasteiger partial charge on any atom is -0.481 e. The van der Waals surface area contributed by atoms with Crippen LogP contribution in [0.1, 0.15) is 35.1 Å². The number of aryl methyl sites for hydroxylation is 2. The predicted octanol–water partition coefficient (Wildman–Crippen LogP) is 1.19. The molecule has 2 rings (SSSR count). The summed E-state index contributed by atoms with van der Waals surface area (Å²) in [5.41, 5.74) is 2.62. The molecule has 0 aliphatic rings. The van der Waals surface area contributed by atoms with Gasteiger partial charge in [-0.25, -0.2) is 9.50 Å². The first kappa shape index (κ1) is 15.0. The number of carboxylic acids is 1. The van der Waals surface area contributed by atoms with Gasteiger partial charge in [-0.3, -0.25) is 9.59 Å². The first-order chi connectivity index (χ1) is 9.88. The maximum atomic E-state index is 12.2. The average Bonchev–Trinajstić information content (AvgIpc) is 2.79. The molecule has 0 saturated heterocycles. The Kier molecular flexibility index (Phi) is 4.21. The van der Waals surface area contributed by atoms with E-state index in [0.717, 1.165) is 11.4 Å². The molecule has 2 heterocycles. The number of rotatable bonds is 5. The van der Waals surface area contributed by atoms with E-state index in [1.165, 1.54) is 6.20 Å². The van der Waals surface area contributed by atoms with Crippen LogP contribution in [0.3, 0.4) is 0 Å². The number of hydrogen-bond acceptors (Lipinski definition) is 4. The molecule has 7 nitrogen and oxygen atoms in total. The van der Waals surface area contributed by atoms with Gasteiger partial charge in [-0.2, -0.15) is 5.10 Å². The lowest BCUT2D eigenvalue weighted by atomic mass is 10.1. The van der Waals surface area contributed by atoms with Crippen LogP contribution in [0.25, 0.3) is 5.65 Å². The number of carbonyl (C=O) groups is 2. The van der Waals surface area contributed by atoms with Crippen LogP contribution in [0.4, 0.5) is 0 Å². The highest BCUT2D eigenvalue weighted by molar-refractivity contribution is 5.99. The maximum Gasteiger partial charge on any atom is 0.303 e. The van der Waals surface area contributed by atoms with Crippen LogP contribution in [-0.2, 0) is 4.79 Å². The van der Waals surface area contributed by atoms with Crippen LogP contribution in [-0.4, -0.2) is 38.1 Å². The Balaban J connectivity index is 2.15. The minimum atomic E-state index is -0.874. The van der Waals surface area contributed by atoms with E-state index >= 15 is 0 Å². The zero-order chi connectivity index (χ0) is 15.6. The van der Waals surface area contributed by atoms with Crippen molar-refractivity contribution >= 4 is 17.5 Å². The van der Waals surface area contributed by atoms with E-state index in [1.54, 1.807) is 11.4 Å². The molecule has 112 valence electrons. The second kappa shape index (κ2) is 5.90. The summed E-state index contributed by atoms with van der Waals surface area (Å²) in [4.78, 5) is 27.1. The normalized spacial score (nSPS) is 12.3. The highest BCUT2D eigenvalue weighted by Gasteiger charge is 2.16. The third-order valence-electron chi connectivity index (χ3n) is 3.16. The molecule has 0 fully saturated rings. The quantitative estimate of drug-likeness (QED) is 0.862. The van der Waals surface area contributed by atoms with Crippen molar-refractivity contribution in [1.82, 2.24) is 19.9 Å². The van der Waals surface area contributed by atoms with E-state index in [4.69, 9.17) is 5.11 Å². The zero-order valence-electron chi connectivity index (χ0n) is 12.3. The third-order valence-corrected chi connectivity index (χ3v) is 3.16. The Bertz CT molecular complexity index is 693. The summed E-state index contributed by atoms with van der Waals surface area (Å²) in [5, 5.41) is 15.6. The molecule has 2 aromatic rings. The Morgan fingerprint density at radius 3 is 2.81 bits per heavy atom. The number of aromatic nitrogens is 3. The van der Waals surface area contributed by atoms with Gasteiger partial charge in [-0.1, -0.05) is 6.92 Å². The van der Waals surface area contributed by atoms with Crippen LogP contribution in [0.5, 0.6) is 0 Å². The zero-order valence-corrected chi connectivity index (χ0v) is 12.3. The van der Waals surface area contributed by atoms with Gasteiger partial charge in [0.05, 0.1) is 6.20 Å². The molecular weight excluding hydrogens is 272 g/mol. The first-order valence-corrected chi connectivity index (χ1v) is 6.70. The van der Waals surface area contributed by atoms with E-state index in [1.807, 2.05) is 19.9 Å². The molecule has 1 unspecified atom stereocenters. The van der Waals surface area contributed by atoms with E-state index < -0.39 is 5.97 Å². The molecule has 0 radical (unpaired) electrons. The lowest BCUT2D eigenvalue weighted by molar-refractivity contribution is -0.137. The molecule has 1 atom stereocenters. The molecular formula is C14H18N4O3. The second-order valence-corrected chi connectivity index (χ2v) is 5.25. The molecule has 21 heavy (non-hydrogen) atoms. The number of amides is 1. The second-order valence-electron chi connectivity index (χ2n) is 5.25. The van der Waals surface area contributed by atoms with Crippen molar-refractivity contribution in [2.45, 2.75) is 27.2 Å². The summed E-state index contributed by atoms with van der Waals surface area (Å²) in [6.07, 6.45) is 1.50. The van der Waals surface area contributed by atoms with Crippen LogP contribution in [0.15, 0.2) is 12.3 Å². The number of aliphatic carboxylic acids is 1. The number of carboxylic acid groups (broad SMARTS) is 1. The van der Waals surface area contributed by atoms with E-state index in [2.05, 4.69) is 15.4 Å². The highest BCUT2D eigenvalue weighted by atomic mass is 16.4. The Morgan fingerprint density at radius 2 is 2.14 bits per heavy atom. The number of hydrogen-bond donors (Lipinski definition) is 2. The summed E-state index contributed by atoms with van der Waals surface area (Å²) in [6, 6.07) is 1.89. The molecule has 1 amide bonds. The van der Waals surface area contributed by atoms with Gasteiger partial charge in [0, 0.05) is 24.4 Å². The largest absolute Gasteiger partial charge is 0.481 e. The number of nitrogens with zero attached hydrogens (tertiary/aromatic N) is 3. The Morgan fingerprint density at radius 1 is 1.43 bits per heavy atom. The van der Waals surface area contributed by atoms with Crippen molar-refractivity contribution in [3.63, 3.8) is 0 Å². The van der Waals surface area contributed by atoms with Crippen molar-refractivity contribution in [3.05, 3.63) is 29.2 Å². The van der Waals surface area contributed by atoms with Crippen molar-refractivity contribution in [3.8, 4) is 0 Å². The van der Waals surface area contributed by atoms with Crippen molar-refractivity contribution in [2.24, 2.45) is 5.92 Å². The minimum absolute atomic E-state index is 0.0194. The molecule has 0 aromatic carbocycles. The van der Waals surface area contributed by atoms with Gasteiger partial charge in [0.2, 0.25) is 0 Å². The first-order valence-electron chi connectivity index (χ1n) is 6.70. The fraction of sp³-hybridized carbons (Fsp3) is 0.429. The number of fused-ring (bicyclic) bond motifs is 1. The van der Waals surface area contributed by atoms with E-state index in [0.29, 0.717) is 17.8 Å². The van der Waals surface area contributed by atoms with Gasteiger partial charge in [-0.05, 0) is 25.8 Å². The van der Waals surface area contributed by atoms with Crippen molar-refractivity contribution < 1.29 is 14.7 Å². The topological polar surface area (TPSA) is 96.6 Å². The van der Waals surface area contributed by atoms with E-state index in [-0.39, 0.29) is 18.2 Å². The van der Waals surface area contributed by atoms with Gasteiger partial charge < -0.3 is 10.4 Å². The SMILES string of the molecule is Cc1cc(C)n2ncc(C(=O)NCC(C)CC(=O)O)c2n1. The van der Waals surface area contributed by atoms with Crippen LogP contribution >= 0.6 is 0 Å². The van der Waals surface area contributed by atoms with Gasteiger partial charge in [-0.15, -0.1) is 0 Å². The highest BCUT2D eigenvalue weighted by Crippen LogP contribution is 2.12. The maximum absolute atomic E-state index is 12.2. The molecule has 7 heteroatoms. The lowest BCUT2D eigenvalue weighted by Gasteiger charge is -2.09. The molecule has 0 bridgehead atoms. The van der Waals surface area contributed by atoms with Gasteiger partial charge in [0.25, 0.3) is 5.91 Å². The van der Waals surface area contributed by atoms with E-state index in [9.17, 15) is 9.59 Å². The molecule has 2 N–H and O–H groups in total. The summed E-state index contributed by atoms with van der Waals surface area (Å²) in [6.45, 7) is 5.83. The van der Waals surface area contributed by atoms with Crippen molar-refractivity contribution in [1.29, 1.82) is 0 Å². The summed E-state index contributed by atoms with van der Waals surface area (Å²) in [7, 11) is 0. The molecule has 0 saturated carbocycles. The molecule has 0 aliphatic carbocycles. The third kappa shape index (κ3) is 3.36. The van der Waals surface area contributed by atoms with Gasteiger partial charge in [0.15, 0.2) is 5.65 Å². The van der Waals surface area contributed by atoms with Crippen molar-refractivity contribution in [2.75, 3.05) is 6.54 Å². The summed E-state index contributed by atoms with van der Waals surface area (Å²) >= 11 is 0. The number of nitrogens with one attached hydrogen (secondary N) is 1. The molecule has 2 aromatic heterocycles. The average molecular weight is 290 g/mol. The monoisotopic (exact) mass is 290 g/mol. The molecule has 0 aliphatic heterocycles. The summed E-state index contributed by atoms with van der Waals surface area (Å²) in [5.74, 6) is -1.30.